The molecule has 20 heteroatoms. The van der Waals surface area contributed by atoms with Crippen molar-refractivity contribution in [3.05, 3.63) is 56.4 Å². The van der Waals surface area contributed by atoms with Crippen molar-refractivity contribution < 1.29 is 71.1 Å². The van der Waals surface area contributed by atoms with E-state index >= 15 is 4.39 Å². The zero-order valence-electron chi connectivity index (χ0n) is 21.2. The molecule has 7 nitrogen and oxygen atoms in total. The van der Waals surface area contributed by atoms with Gasteiger partial charge in [0.05, 0.1) is 11.3 Å². The smallest absolute Gasteiger partial charge is 0.339 e. The third-order valence-electron chi connectivity index (χ3n) is 5.80. The van der Waals surface area contributed by atoms with Crippen LogP contribution in [0.5, 0.6) is 0 Å². The molecule has 2 rings (SSSR count). The second kappa shape index (κ2) is 12.2. The summed E-state index contributed by atoms with van der Waals surface area (Å²) in [5.74, 6) is -5.49. The first kappa shape index (κ1) is 36.2. The highest BCUT2D eigenvalue weighted by atomic mass is 127. The first-order chi connectivity index (χ1) is 19.3. The van der Waals surface area contributed by atoms with Gasteiger partial charge >= 0.3 is 23.5 Å². The number of carbonyl (C=O) groups excluding carboxylic acids is 3. The topological polar surface area (TPSA) is 101 Å². The van der Waals surface area contributed by atoms with E-state index in [2.05, 4.69) is 0 Å². The second-order valence-electron chi connectivity index (χ2n) is 8.59. The fourth-order valence-electron chi connectivity index (χ4n) is 3.40. The van der Waals surface area contributed by atoms with Gasteiger partial charge in [0.15, 0.2) is 0 Å². The molecule has 2 amide bonds. The average Bonchev–Trinajstić information content (AvgIpc) is 2.87. The summed E-state index contributed by atoms with van der Waals surface area (Å²) in [6.07, 6.45) is -14.6. The van der Waals surface area contributed by atoms with Crippen LogP contribution in [0.25, 0.3) is 0 Å². The fourth-order valence-corrected chi connectivity index (χ4v) is 5.31. The molecule has 238 valence electrons. The first-order valence-corrected chi connectivity index (χ1v) is 13.7. The second-order valence-corrected chi connectivity index (χ2v) is 11.7. The van der Waals surface area contributed by atoms with Crippen molar-refractivity contribution in [2.24, 2.45) is 0 Å². The van der Waals surface area contributed by atoms with Gasteiger partial charge in [-0.05, 0) is 53.3 Å². The highest BCUT2D eigenvalue weighted by Crippen LogP contribution is 2.54. The molecule has 1 N–H and O–H groups in total. The Balaban J connectivity index is 2.74. The molecule has 0 fully saturated rings. The number of likely N-dealkylation sites (N-methyl/N-ethyl adjacent to an activating group) is 1. The van der Waals surface area contributed by atoms with Crippen LogP contribution < -0.4 is 5.32 Å². The van der Waals surface area contributed by atoms with Gasteiger partial charge in [-0.1, -0.05) is 12.1 Å². The minimum absolute atomic E-state index is 0.0888. The molecule has 0 heterocycles. The number of amides is 2. The van der Waals surface area contributed by atoms with Crippen LogP contribution in [-0.2, 0) is 31.5 Å². The van der Waals surface area contributed by atoms with Gasteiger partial charge in [0.2, 0.25) is 5.78 Å². The molecule has 0 spiro atoms. The molecular formula is C23H16F11IN2O5S. The molecule has 0 aliphatic heterocycles. The predicted molar refractivity (Wildman–Crippen MR) is 134 cm³/mol. The van der Waals surface area contributed by atoms with Crippen LogP contribution in [0.4, 0.5) is 54.0 Å². The number of sulfone groups is 1. The number of hydrogen-bond donors (Lipinski definition) is 1. The predicted octanol–water partition coefficient (Wildman–Crippen LogP) is 5.86. The van der Waals surface area contributed by atoms with Gasteiger partial charge in [0.25, 0.3) is 21.7 Å². The van der Waals surface area contributed by atoms with Gasteiger partial charge in [0.1, 0.15) is 10.7 Å². The lowest BCUT2D eigenvalue weighted by Gasteiger charge is -2.31. The minimum Gasteiger partial charge on any atom is -0.339 e. The Kier molecular flexibility index (Phi) is 10.2. The number of benzene rings is 2. The van der Waals surface area contributed by atoms with Gasteiger partial charge in [-0.25, -0.2) is 17.2 Å². The molecule has 0 aromatic heterocycles. The Labute approximate surface area is 248 Å². The van der Waals surface area contributed by atoms with Crippen molar-refractivity contribution in [3.8, 4) is 0 Å². The Morgan fingerprint density at radius 3 is 1.93 bits per heavy atom. The van der Waals surface area contributed by atoms with Crippen LogP contribution in [0.15, 0.2) is 35.2 Å². The fraction of sp³-hybridized carbons (Fsp3) is 0.348. The number of rotatable bonds is 8. The number of anilines is 1. The molecule has 0 saturated heterocycles. The lowest BCUT2D eigenvalue weighted by Crippen LogP contribution is -2.50. The van der Waals surface area contributed by atoms with E-state index < -0.39 is 100 Å². The van der Waals surface area contributed by atoms with Crippen molar-refractivity contribution in [2.75, 3.05) is 18.9 Å². The number of Topliss-reactive ketones (excluding diaryl/α,β-unsaturated/α-hetero) is 1. The van der Waals surface area contributed by atoms with Crippen LogP contribution in [0.3, 0.4) is 0 Å². The van der Waals surface area contributed by atoms with E-state index in [-0.39, 0.29) is 12.6 Å². The maximum atomic E-state index is 15.1. The maximum absolute atomic E-state index is 15.1. The zero-order valence-corrected chi connectivity index (χ0v) is 24.2. The normalized spacial score (nSPS) is 13.1. The maximum Gasteiger partial charge on any atom is 0.501 e. The minimum atomic E-state index is -6.89. The van der Waals surface area contributed by atoms with E-state index in [1.807, 2.05) is 0 Å². The van der Waals surface area contributed by atoms with E-state index in [1.54, 1.807) is 0 Å². The monoisotopic (exact) mass is 768 g/mol. The lowest BCUT2D eigenvalue weighted by atomic mass is 9.94. The van der Waals surface area contributed by atoms with Crippen LogP contribution in [0.2, 0.25) is 0 Å². The number of nitrogens with zero attached hydrogens (tertiary/aromatic N) is 1. The van der Waals surface area contributed by atoms with Gasteiger partial charge in [-0.15, -0.1) is 0 Å². The summed E-state index contributed by atoms with van der Waals surface area (Å²) in [6, 6.07) is 1.38. The Bertz CT molecular complexity index is 1540. The highest BCUT2D eigenvalue weighted by molar-refractivity contribution is 14.1. The molecule has 43 heavy (non-hydrogen) atoms. The Morgan fingerprint density at radius 2 is 1.47 bits per heavy atom. The molecule has 0 bridgehead atoms. The number of nitrogens with one attached hydrogen (secondary N) is 1. The lowest BCUT2D eigenvalue weighted by molar-refractivity contribution is -0.348. The van der Waals surface area contributed by atoms with Gasteiger partial charge < -0.3 is 10.2 Å². The van der Waals surface area contributed by atoms with Crippen LogP contribution in [0.1, 0.15) is 28.4 Å². The summed E-state index contributed by atoms with van der Waals surface area (Å²) in [4.78, 5) is 35.5. The number of ketones is 1. The molecule has 0 unspecified atom stereocenters. The van der Waals surface area contributed by atoms with Crippen molar-refractivity contribution in [3.63, 3.8) is 0 Å². The third-order valence-corrected chi connectivity index (χ3v) is 8.16. The summed E-state index contributed by atoms with van der Waals surface area (Å²) in [5, 5.41) is 1.49. The third kappa shape index (κ3) is 6.88. The summed E-state index contributed by atoms with van der Waals surface area (Å²) in [5.41, 5.74) is -18.6. The largest absolute Gasteiger partial charge is 0.501 e. The first-order valence-electron chi connectivity index (χ1n) is 11.2. The van der Waals surface area contributed by atoms with Gasteiger partial charge in [-0.3, -0.25) is 14.4 Å². The average molecular weight is 768 g/mol. The summed E-state index contributed by atoms with van der Waals surface area (Å²) in [6.45, 7) is 1.60. The van der Waals surface area contributed by atoms with Gasteiger partial charge in [-0.2, -0.15) is 39.5 Å². The zero-order chi connectivity index (χ0) is 33.5. The standard InChI is InChI=1S/C23H16F11IN2O5S/c1-3-37(2)19(40)14(38)7-10-5-4-6-12(16(10)24)18(39)36-17-13(35)8-11(9-15(17)43(41,42)23(32,33)34)20(25,21(26,27)28)22(29,30)31/h4-6,8-9H,3,7H2,1-2H3,(H,36,39). The quantitative estimate of drug-likeness (QED) is 0.206. The molecule has 0 radical (unpaired) electrons. The molecule has 0 atom stereocenters. The van der Waals surface area contributed by atoms with Crippen LogP contribution in [-0.4, -0.2) is 62.4 Å². The number of hydrogen-bond acceptors (Lipinski definition) is 5. The molecule has 0 aliphatic carbocycles. The molecule has 0 saturated carbocycles. The number of alkyl halides is 10. The van der Waals surface area contributed by atoms with Crippen molar-refractivity contribution >= 4 is 55.7 Å². The number of carbonyl (C=O) groups is 3. The SMILES string of the molecule is CCN(C)C(=O)C(=O)Cc1cccc(C(=O)Nc2c(I)cc(C(F)(C(F)(F)F)C(F)(F)F)cc2S(=O)(=O)C(F)(F)F)c1F. The van der Waals surface area contributed by atoms with Gasteiger partial charge in [0, 0.05) is 29.1 Å². The molecule has 2 aromatic carbocycles. The van der Waals surface area contributed by atoms with Crippen LogP contribution >= 0.6 is 22.6 Å². The van der Waals surface area contributed by atoms with Crippen molar-refractivity contribution in [1.29, 1.82) is 0 Å². The van der Waals surface area contributed by atoms with Crippen molar-refractivity contribution in [2.45, 2.75) is 41.8 Å². The molecular weight excluding hydrogens is 752 g/mol. The van der Waals surface area contributed by atoms with E-state index in [4.69, 9.17) is 0 Å². The van der Waals surface area contributed by atoms with Crippen LogP contribution in [0, 0.1) is 9.39 Å². The Morgan fingerprint density at radius 1 is 0.930 bits per heavy atom. The molecule has 0 aliphatic rings. The summed E-state index contributed by atoms with van der Waals surface area (Å²) < 4.78 is 173. The highest BCUT2D eigenvalue weighted by Gasteiger charge is 2.73. The van der Waals surface area contributed by atoms with E-state index in [0.717, 1.165) is 39.6 Å². The van der Waals surface area contributed by atoms with E-state index in [0.29, 0.717) is 6.07 Å². The van der Waals surface area contributed by atoms with E-state index in [9.17, 15) is 66.7 Å². The number of halogens is 12. The Hall–Kier alpha value is -3.04. The van der Waals surface area contributed by atoms with E-state index in [1.165, 1.54) is 19.3 Å². The summed E-state index contributed by atoms with van der Waals surface area (Å²) in [7, 11) is -5.64. The van der Waals surface area contributed by atoms with Crippen molar-refractivity contribution in [1.82, 2.24) is 4.90 Å². The molecule has 2 aromatic rings. The summed E-state index contributed by atoms with van der Waals surface area (Å²) >= 11 is 0.749.